The van der Waals surface area contributed by atoms with Gasteiger partial charge >= 0.3 is 0 Å². The minimum Gasteiger partial charge on any atom is -0.310 e. The monoisotopic (exact) mass is 298 g/mol. The summed E-state index contributed by atoms with van der Waals surface area (Å²) in [6, 6.07) is 7.04. The van der Waals surface area contributed by atoms with E-state index >= 15 is 0 Å². The first-order valence-corrected chi connectivity index (χ1v) is 7.89. The average Bonchev–Trinajstić information content (AvgIpc) is 2.50. The zero-order chi connectivity index (χ0) is 15.7. The van der Waals surface area contributed by atoms with Crippen molar-refractivity contribution in [1.29, 1.82) is 0 Å². The molecule has 120 valence electrons. The van der Waals surface area contributed by atoms with Crippen molar-refractivity contribution in [3.8, 4) is 0 Å². The van der Waals surface area contributed by atoms with Crippen molar-refractivity contribution in [2.45, 2.75) is 52.6 Å². The van der Waals surface area contributed by atoms with Crippen molar-refractivity contribution in [2.24, 2.45) is 0 Å². The molecule has 1 unspecified atom stereocenters. The minimum atomic E-state index is -2.39. The smallest absolute Gasteiger partial charge is 0.263 e. The number of benzene rings is 1. The van der Waals surface area contributed by atoms with Gasteiger partial charge in [0.25, 0.3) is 6.43 Å². The van der Waals surface area contributed by atoms with E-state index in [2.05, 4.69) is 31.0 Å². The van der Waals surface area contributed by atoms with Crippen LogP contribution in [0, 0.1) is 0 Å². The molecule has 0 aliphatic rings. The Bertz CT molecular complexity index is 392. The van der Waals surface area contributed by atoms with Crippen LogP contribution in [0.25, 0.3) is 0 Å². The summed E-state index contributed by atoms with van der Waals surface area (Å²) in [5.41, 5.74) is 1.02. The van der Waals surface area contributed by atoms with Gasteiger partial charge < -0.3 is 10.2 Å². The Morgan fingerprint density at radius 1 is 1.19 bits per heavy atom. The lowest BCUT2D eigenvalue weighted by Crippen LogP contribution is -2.28. The van der Waals surface area contributed by atoms with Crippen LogP contribution in [-0.2, 0) is 6.54 Å². The second-order valence-corrected chi connectivity index (χ2v) is 5.50. The van der Waals surface area contributed by atoms with Gasteiger partial charge in [0.05, 0.1) is 0 Å². The molecule has 0 saturated carbocycles. The van der Waals surface area contributed by atoms with E-state index in [1.54, 1.807) is 12.1 Å². The number of halogens is 2. The van der Waals surface area contributed by atoms with E-state index in [0.29, 0.717) is 12.6 Å². The van der Waals surface area contributed by atoms with E-state index in [1.807, 2.05) is 6.07 Å². The van der Waals surface area contributed by atoms with Crippen LogP contribution in [0.15, 0.2) is 24.3 Å². The average molecular weight is 298 g/mol. The molecule has 0 fully saturated rings. The van der Waals surface area contributed by atoms with Gasteiger partial charge in [-0.3, -0.25) is 0 Å². The third-order valence-corrected chi connectivity index (χ3v) is 3.86. The number of rotatable bonds is 10. The molecule has 0 bridgehead atoms. The molecule has 0 aliphatic carbocycles. The lowest BCUT2D eigenvalue weighted by Gasteiger charge is -2.20. The van der Waals surface area contributed by atoms with Crippen molar-refractivity contribution < 1.29 is 8.78 Å². The number of nitrogens with zero attached hydrogens (tertiary/aromatic N) is 1. The van der Waals surface area contributed by atoms with Gasteiger partial charge in [0.1, 0.15) is 0 Å². The summed E-state index contributed by atoms with van der Waals surface area (Å²) in [5.74, 6) is 0. The number of hydrogen-bond donors (Lipinski definition) is 1. The Hall–Kier alpha value is -1.00. The van der Waals surface area contributed by atoms with Gasteiger partial charge in [-0.25, -0.2) is 8.78 Å². The van der Waals surface area contributed by atoms with E-state index in [4.69, 9.17) is 0 Å². The van der Waals surface area contributed by atoms with E-state index in [9.17, 15) is 8.78 Å². The first kappa shape index (κ1) is 18.1. The molecule has 1 atom stereocenters. The second-order valence-electron chi connectivity index (χ2n) is 5.50. The lowest BCUT2D eigenvalue weighted by atomic mass is 10.1. The maximum absolute atomic E-state index is 12.6. The largest absolute Gasteiger partial charge is 0.310 e. The molecule has 0 heterocycles. The highest BCUT2D eigenvalue weighted by Gasteiger charge is 2.08. The quantitative estimate of drug-likeness (QED) is 0.695. The van der Waals surface area contributed by atoms with E-state index in [-0.39, 0.29) is 5.56 Å². The number of hydrogen-bond acceptors (Lipinski definition) is 2. The molecule has 0 radical (unpaired) electrons. The fourth-order valence-corrected chi connectivity index (χ4v) is 2.39. The van der Waals surface area contributed by atoms with Gasteiger partial charge in [-0.1, -0.05) is 32.0 Å². The molecule has 0 saturated heterocycles. The predicted octanol–water partition coefficient (Wildman–Crippen LogP) is 4.22. The molecular formula is C17H28F2N2. The van der Waals surface area contributed by atoms with Crippen molar-refractivity contribution in [2.75, 3.05) is 19.6 Å². The standard InChI is InChI=1S/C17H28F2N2/c1-4-21(5-2)11-7-8-14(3)20-13-15-9-6-10-16(12-15)17(18)19/h6,9-10,12,14,17,20H,4-5,7-8,11,13H2,1-3H3. The summed E-state index contributed by atoms with van der Waals surface area (Å²) < 4.78 is 25.3. The predicted molar refractivity (Wildman–Crippen MR) is 84.7 cm³/mol. The van der Waals surface area contributed by atoms with Crippen LogP contribution in [0.2, 0.25) is 0 Å². The molecule has 0 aromatic heterocycles. The minimum absolute atomic E-state index is 0.100. The molecule has 1 aromatic carbocycles. The Morgan fingerprint density at radius 3 is 2.52 bits per heavy atom. The van der Waals surface area contributed by atoms with Crippen LogP contribution in [0.1, 0.15) is 51.2 Å². The Labute approximate surface area is 127 Å². The number of alkyl halides is 2. The third-order valence-electron chi connectivity index (χ3n) is 3.86. The molecule has 2 nitrogen and oxygen atoms in total. The van der Waals surface area contributed by atoms with Gasteiger partial charge in [0.15, 0.2) is 0 Å². The van der Waals surface area contributed by atoms with Crippen LogP contribution in [0.4, 0.5) is 8.78 Å². The topological polar surface area (TPSA) is 15.3 Å². The van der Waals surface area contributed by atoms with Crippen LogP contribution in [0.5, 0.6) is 0 Å². The SMILES string of the molecule is CCN(CC)CCCC(C)NCc1cccc(C(F)F)c1. The zero-order valence-electron chi connectivity index (χ0n) is 13.4. The maximum atomic E-state index is 12.6. The van der Waals surface area contributed by atoms with Crippen molar-refractivity contribution in [1.82, 2.24) is 10.2 Å². The summed E-state index contributed by atoms with van der Waals surface area (Å²) >= 11 is 0. The maximum Gasteiger partial charge on any atom is 0.263 e. The fourth-order valence-electron chi connectivity index (χ4n) is 2.39. The molecule has 1 rings (SSSR count). The van der Waals surface area contributed by atoms with Crippen molar-refractivity contribution in [3.05, 3.63) is 35.4 Å². The van der Waals surface area contributed by atoms with Gasteiger partial charge in [0.2, 0.25) is 0 Å². The molecule has 0 aliphatic heterocycles. The fraction of sp³-hybridized carbons (Fsp3) is 0.647. The van der Waals surface area contributed by atoms with Crippen LogP contribution < -0.4 is 5.32 Å². The van der Waals surface area contributed by atoms with Gasteiger partial charge in [-0.15, -0.1) is 0 Å². The van der Waals surface area contributed by atoms with E-state index in [1.165, 1.54) is 6.07 Å². The lowest BCUT2D eigenvalue weighted by molar-refractivity contribution is 0.151. The van der Waals surface area contributed by atoms with E-state index in [0.717, 1.165) is 38.0 Å². The molecule has 1 aromatic rings. The third kappa shape index (κ3) is 7.00. The highest BCUT2D eigenvalue weighted by atomic mass is 19.3. The Kier molecular flexibility index (Phi) is 8.47. The molecule has 4 heteroatoms. The first-order chi connectivity index (χ1) is 10.1. The summed E-state index contributed by atoms with van der Waals surface area (Å²) in [5, 5.41) is 3.41. The van der Waals surface area contributed by atoms with Gasteiger partial charge in [-0.05, 0) is 51.0 Å². The summed E-state index contributed by atoms with van der Waals surface area (Å²) in [7, 11) is 0. The van der Waals surface area contributed by atoms with Crippen LogP contribution in [-0.4, -0.2) is 30.6 Å². The first-order valence-electron chi connectivity index (χ1n) is 7.89. The summed E-state index contributed by atoms with van der Waals surface area (Å²) in [4.78, 5) is 2.42. The molecule has 0 spiro atoms. The number of nitrogens with one attached hydrogen (secondary N) is 1. The summed E-state index contributed by atoms with van der Waals surface area (Å²) in [6.45, 7) is 10.5. The Balaban J connectivity index is 2.29. The molecular weight excluding hydrogens is 270 g/mol. The molecule has 1 N–H and O–H groups in total. The van der Waals surface area contributed by atoms with Crippen LogP contribution in [0.3, 0.4) is 0 Å². The highest BCUT2D eigenvalue weighted by Crippen LogP contribution is 2.19. The Morgan fingerprint density at radius 2 is 1.90 bits per heavy atom. The second kappa shape index (κ2) is 9.85. The highest BCUT2D eigenvalue weighted by molar-refractivity contribution is 5.24. The molecule has 21 heavy (non-hydrogen) atoms. The normalized spacial score (nSPS) is 13.1. The van der Waals surface area contributed by atoms with Gasteiger partial charge in [0, 0.05) is 18.2 Å². The molecule has 0 amide bonds. The van der Waals surface area contributed by atoms with Gasteiger partial charge in [-0.2, -0.15) is 0 Å². The van der Waals surface area contributed by atoms with Crippen LogP contribution >= 0.6 is 0 Å². The zero-order valence-corrected chi connectivity index (χ0v) is 13.4. The summed E-state index contributed by atoms with van der Waals surface area (Å²) in [6.07, 6.45) is -0.130. The van der Waals surface area contributed by atoms with E-state index < -0.39 is 6.43 Å². The van der Waals surface area contributed by atoms with Crippen molar-refractivity contribution in [3.63, 3.8) is 0 Å². The van der Waals surface area contributed by atoms with Crippen molar-refractivity contribution >= 4 is 0 Å².